The Morgan fingerprint density at radius 1 is 0.650 bits per heavy atom. The fourth-order valence-corrected chi connectivity index (χ4v) is 2.91. The second kappa shape index (κ2) is 9.04. The normalized spacial score (nSPS) is 16.2. The monoisotopic (exact) mass is 286 g/mol. The minimum atomic E-state index is 0.405. The molecule has 0 heterocycles. The first kappa shape index (κ1) is 19.9. The Labute approximate surface area is 127 Å². The maximum Gasteiger partial charge on any atom is 0.0824 e. The van der Waals surface area contributed by atoms with Gasteiger partial charge in [-0.1, -0.05) is 55.4 Å². The third-order valence-corrected chi connectivity index (χ3v) is 3.39. The van der Waals surface area contributed by atoms with Crippen molar-refractivity contribution >= 4 is 0 Å². The molecule has 122 valence electrons. The fraction of sp³-hybridized carbons (Fsp3) is 1.00. The Morgan fingerprint density at radius 2 is 0.950 bits per heavy atom. The first-order chi connectivity index (χ1) is 8.99. The van der Waals surface area contributed by atoms with E-state index in [9.17, 15) is 0 Å². The molecule has 0 N–H and O–H groups in total. The second-order valence-corrected chi connectivity index (χ2v) is 8.96. The van der Waals surface area contributed by atoms with Crippen molar-refractivity contribution in [3.05, 3.63) is 0 Å². The molecule has 0 aliphatic rings. The predicted molar refractivity (Wildman–Crippen MR) is 87.6 cm³/mol. The van der Waals surface area contributed by atoms with Crippen LogP contribution in [-0.2, 0) is 9.78 Å². The van der Waals surface area contributed by atoms with E-state index < -0.39 is 0 Å². The van der Waals surface area contributed by atoms with E-state index in [1.165, 1.54) is 12.8 Å². The molecule has 2 nitrogen and oxygen atoms in total. The zero-order chi connectivity index (χ0) is 15.8. The van der Waals surface area contributed by atoms with E-state index in [0.29, 0.717) is 35.9 Å². The van der Waals surface area contributed by atoms with Crippen molar-refractivity contribution in [1.29, 1.82) is 0 Å². The van der Waals surface area contributed by atoms with Gasteiger partial charge in [-0.3, -0.25) is 0 Å². The topological polar surface area (TPSA) is 18.5 Å². The highest BCUT2D eigenvalue weighted by molar-refractivity contribution is 4.66. The van der Waals surface area contributed by atoms with Crippen molar-refractivity contribution in [2.24, 2.45) is 22.7 Å². The van der Waals surface area contributed by atoms with Crippen LogP contribution >= 0.6 is 0 Å². The molecule has 2 atom stereocenters. The summed E-state index contributed by atoms with van der Waals surface area (Å²) >= 11 is 0. The van der Waals surface area contributed by atoms with Gasteiger partial charge in [0.05, 0.1) is 13.2 Å². The second-order valence-electron chi connectivity index (χ2n) is 8.96. The Kier molecular flexibility index (Phi) is 9.01. The van der Waals surface area contributed by atoms with Crippen molar-refractivity contribution in [3.63, 3.8) is 0 Å². The molecule has 0 fully saturated rings. The van der Waals surface area contributed by atoms with Crippen LogP contribution in [0.25, 0.3) is 0 Å². The first-order valence-corrected chi connectivity index (χ1v) is 8.24. The molecule has 0 aromatic rings. The van der Waals surface area contributed by atoms with Gasteiger partial charge < -0.3 is 0 Å². The van der Waals surface area contributed by atoms with Crippen LogP contribution in [0.3, 0.4) is 0 Å². The van der Waals surface area contributed by atoms with Crippen molar-refractivity contribution in [2.75, 3.05) is 13.2 Å². The summed E-state index contributed by atoms with van der Waals surface area (Å²) < 4.78 is 0. The van der Waals surface area contributed by atoms with Crippen LogP contribution in [0.4, 0.5) is 0 Å². The van der Waals surface area contributed by atoms with E-state index in [-0.39, 0.29) is 0 Å². The summed E-state index contributed by atoms with van der Waals surface area (Å²) in [6, 6.07) is 0. The SMILES string of the molecule is CC(CCOOCCC(C)CC(C)(C)C)CC(C)(C)C. The van der Waals surface area contributed by atoms with Crippen LogP contribution < -0.4 is 0 Å². The highest BCUT2D eigenvalue weighted by Crippen LogP contribution is 2.26. The lowest BCUT2D eigenvalue weighted by atomic mass is 9.84. The number of rotatable bonds is 9. The Hall–Kier alpha value is -0.0800. The summed E-state index contributed by atoms with van der Waals surface area (Å²) in [5.74, 6) is 1.39. The molecule has 0 rings (SSSR count). The van der Waals surface area contributed by atoms with Crippen LogP contribution in [-0.4, -0.2) is 13.2 Å². The van der Waals surface area contributed by atoms with Crippen LogP contribution in [0, 0.1) is 22.7 Å². The average Bonchev–Trinajstić information content (AvgIpc) is 2.17. The molecule has 0 aromatic heterocycles. The fourth-order valence-electron chi connectivity index (χ4n) is 2.91. The summed E-state index contributed by atoms with van der Waals surface area (Å²) in [4.78, 5) is 10.6. The average molecular weight is 286 g/mol. The number of hydrogen-bond donors (Lipinski definition) is 0. The van der Waals surface area contributed by atoms with Crippen molar-refractivity contribution in [3.8, 4) is 0 Å². The van der Waals surface area contributed by atoms with E-state index >= 15 is 0 Å². The molecule has 0 saturated heterocycles. The maximum absolute atomic E-state index is 5.30. The lowest BCUT2D eigenvalue weighted by Gasteiger charge is -2.23. The van der Waals surface area contributed by atoms with Gasteiger partial charge in [-0.25, -0.2) is 9.78 Å². The smallest absolute Gasteiger partial charge is 0.0824 e. The molecule has 0 radical (unpaired) electrons. The van der Waals surface area contributed by atoms with Crippen molar-refractivity contribution < 1.29 is 9.78 Å². The first-order valence-electron chi connectivity index (χ1n) is 8.24. The van der Waals surface area contributed by atoms with Crippen LogP contribution in [0.15, 0.2) is 0 Å². The molecule has 2 unspecified atom stereocenters. The van der Waals surface area contributed by atoms with Gasteiger partial charge in [0.2, 0.25) is 0 Å². The quantitative estimate of drug-likeness (QED) is 0.300. The summed E-state index contributed by atoms with van der Waals surface area (Å²) in [7, 11) is 0. The van der Waals surface area contributed by atoms with Crippen LogP contribution in [0.2, 0.25) is 0 Å². The highest BCUT2D eigenvalue weighted by Gasteiger charge is 2.16. The van der Waals surface area contributed by atoms with Crippen molar-refractivity contribution in [2.45, 2.75) is 81.1 Å². The predicted octanol–water partition coefficient (Wildman–Crippen LogP) is 5.86. The lowest BCUT2D eigenvalue weighted by Crippen LogP contribution is -2.14. The molecule has 20 heavy (non-hydrogen) atoms. The third kappa shape index (κ3) is 14.3. The van der Waals surface area contributed by atoms with Crippen LogP contribution in [0.1, 0.15) is 81.1 Å². The molecular formula is C18H38O2. The van der Waals surface area contributed by atoms with Gasteiger partial charge in [0.15, 0.2) is 0 Å². The zero-order valence-electron chi connectivity index (χ0n) is 15.2. The van der Waals surface area contributed by atoms with Gasteiger partial charge >= 0.3 is 0 Å². The van der Waals surface area contributed by atoms with E-state index in [1.807, 2.05) is 0 Å². The molecular weight excluding hydrogens is 248 g/mol. The minimum absolute atomic E-state index is 0.405. The molecule has 0 aliphatic carbocycles. The number of hydrogen-bond acceptors (Lipinski definition) is 2. The third-order valence-electron chi connectivity index (χ3n) is 3.39. The maximum atomic E-state index is 5.30. The van der Waals surface area contributed by atoms with Gasteiger partial charge in [0, 0.05) is 0 Å². The van der Waals surface area contributed by atoms with Gasteiger partial charge in [-0.05, 0) is 48.3 Å². The van der Waals surface area contributed by atoms with E-state index in [1.54, 1.807) is 0 Å². The van der Waals surface area contributed by atoms with Gasteiger partial charge in [0.1, 0.15) is 0 Å². The molecule has 0 bridgehead atoms. The molecule has 0 aromatic carbocycles. The van der Waals surface area contributed by atoms with Crippen molar-refractivity contribution in [1.82, 2.24) is 0 Å². The van der Waals surface area contributed by atoms with Gasteiger partial charge in [-0.15, -0.1) is 0 Å². The summed E-state index contributed by atoms with van der Waals surface area (Å²) in [5, 5.41) is 0. The van der Waals surface area contributed by atoms with E-state index in [4.69, 9.17) is 9.78 Å². The van der Waals surface area contributed by atoms with Gasteiger partial charge in [0.25, 0.3) is 0 Å². The Bertz CT molecular complexity index is 209. The molecule has 0 spiro atoms. The summed E-state index contributed by atoms with van der Waals surface area (Å²) in [6.07, 6.45) is 4.63. The molecule has 0 amide bonds. The molecule has 2 heteroatoms. The largest absolute Gasteiger partial charge is 0.237 e. The van der Waals surface area contributed by atoms with E-state index in [2.05, 4.69) is 55.4 Å². The lowest BCUT2D eigenvalue weighted by molar-refractivity contribution is -0.297. The van der Waals surface area contributed by atoms with Crippen LogP contribution in [0.5, 0.6) is 0 Å². The summed E-state index contributed by atoms with van der Waals surface area (Å²) in [6.45, 7) is 19.7. The standard InChI is InChI=1S/C18H38O2/c1-15(13-17(3,4)5)9-11-19-20-12-10-16(2)14-18(6,7)8/h15-16H,9-14H2,1-8H3. The minimum Gasteiger partial charge on any atom is -0.237 e. The molecule has 0 saturated carbocycles. The van der Waals surface area contributed by atoms with Gasteiger partial charge in [-0.2, -0.15) is 0 Å². The Balaban J connectivity index is 3.49. The Morgan fingerprint density at radius 3 is 1.20 bits per heavy atom. The zero-order valence-corrected chi connectivity index (χ0v) is 15.2. The molecule has 0 aliphatic heterocycles. The highest BCUT2D eigenvalue weighted by atomic mass is 17.2. The summed E-state index contributed by atoms with van der Waals surface area (Å²) in [5.41, 5.74) is 0.811. The van der Waals surface area contributed by atoms with E-state index in [0.717, 1.165) is 12.8 Å².